The topological polar surface area (TPSA) is 12.0 Å². The zero-order chi connectivity index (χ0) is 11.5. The van der Waals surface area contributed by atoms with Crippen LogP contribution in [0.3, 0.4) is 0 Å². The number of hydrogen-bond acceptors (Lipinski definition) is 1. The van der Waals surface area contributed by atoms with Crippen LogP contribution in [0.15, 0.2) is 29.8 Å². The maximum absolute atomic E-state index is 3.46. The molecule has 1 aliphatic rings. The van der Waals surface area contributed by atoms with Gasteiger partial charge in [0.25, 0.3) is 0 Å². The summed E-state index contributed by atoms with van der Waals surface area (Å²) < 4.78 is 0. The molecule has 1 N–H and O–H groups in total. The molecule has 0 aromatic heterocycles. The lowest BCUT2D eigenvalue weighted by molar-refractivity contribution is 0.652. The highest BCUT2D eigenvalue weighted by molar-refractivity contribution is 5.38. The van der Waals surface area contributed by atoms with Gasteiger partial charge in [-0.2, -0.15) is 0 Å². The molecule has 1 unspecified atom stereocenters. The molecule has 0 amide bonds. The van der Waals surface area contributed by atoms with E-state index in [-0.39, 0.29) is 0 Å². The van der Waals surface area contributed by atoms with Gasteiger partial charge in [0.1, 0.15) is 0 Å². The second-order valence-electron chi connectivity index (χ2n) is 4.75. The van der Waals surface area contributed by atoms with Crippen LogP contribution in [0, 0.1) is 13.8 Å². The zero-order valence-electron chi connectivity index (χ0n) is 10.5. The molecular weight excluding hydrogens is 194 g/mol. The van der Waals surface area contributed by atoms with E-state index in [1.807, 2.05) is 0 Å². The van der Waals surface area contributed by atoms with Crippen molar-refractivity contribution in [1.82, 2.24) is 5.32 Å². The number of likely N-dealkylation sites (N-methyl/N-ethyl adjacent to an activating group) is 1. The molecule has 1 aliphatic carbocycles. The maximum Gasteiger partial charge on any atom is 0.0536 e. The molecule has 1 nitrogen and oxygen atoms in total. The average molecular weight is 215 g/mol. The minimum atomic E-state index is 0.419. The molecular formula is C15H21N. The highest BCUT2D eigenvalue weighted by atomic mass is 14.9. The Hall–Kier alpha value is -1.08. The van der Waals surface area contributed by atoms with E-state index >= 15 is 0 Å². The monoisotopic (exact) mass is 215 g/mol. The number of rotatable bonds is 3. The quantitative estimate of drug-likeness (QED) is 0.758. The van der Waals surface area contributed by atoms with Crippen molar-refractivity contribution in [3.63, 3.8) is 0 Å². The summed E-state index contributed by atoms with van der Waals surface area (Å²) in [6.45, 7) is 4.37. The summed E-state index contributed by atoms with van der Waals surface area (Å²) in [6, 6.07) is 7.15. The van der Waals surface area contributed by atoms with Crippen molar-refractivity contribution in [1.29, 1.82) is 0 Å². The van der Waals surface area contributed by atoms with Gasteiger partial charge >= 0.3 is 0 Å². The van der Waals surface area contributed by atoms with Crippen LogP contribution < -0.4 is 5.32 Å². The predicted octanol–water partition coefficient (Wildman–Crippen LogP) is 3.67. The van der Waals surface area contributed by atoms with Crippen LogP contribution in [0.4, 0.5) is 0 Å². The lowest BCUT2D eigenvalue weighted by Crippen LogP contribution is -2.19. The number of nitrogens with one attached hydrogen (secondary N) is 1. The molecule has 0 radical (unpaired) electrons. The first-order valence-corrected chi connectivity index (χ1v) is 6.15. The first kappa shape index (κ1) is 11.4. The second kappa shape index (κ2) is 4.84. The Bertz CT molecular complexity index is 404. The summed E-state index contributed by atoms with van der Waals surface area (Å²) in [4.78, 5) is 0. The van der Waals surface area contributed by atoms with Crippen LogP contribution in [-0.2, 0) is 0 Å². The Labute approximate surface area is 98.6 Å². The van der Waals surface area contributed by atoms with Crippen molar-refractivity contribution in [3.8, 4) is 0 Å². The molecule has 0 spiro atoms. The van der Waals surface area contributed by atoms with Gasteiger partial charge in [0, 0.05) is 0 Å². The average Bonchev–Trinajstić information content (AvgIpc) is 2.78. The first-order valence-electron chi connectivity index (χ1n) is 6.15. The molecule has 86 valence electrons. The van der Waals surface area contributed by atoms with Gasteiger partial charge in [0.15, 0.2) is 0 Å². The van der Waals surface area contributed by atoms with Crippen molar-refractivity contribution < 1.29 is 0 Å². The van der Waals surface area contributed by atoms with Gasteiger partial charge in [0.2, 0.25) is 0 Å². The van der Waals surface area contributed by atoms with E-state index in [0.29, 0.717) is 6.04 Å². The lowest BCUT2D eigenvalue weighted by Gasteiger charge is -2.21. The van der Waals surface area contributed by atoms with Gasteiger partial charge in [-0.15, -0.1) is 0 Å². The normalized spacial score (nSPS) is 17.3. The third-order valence-corrected chi connectivity index (χ3v) is 3.48. The van der Waals surface area contributed by atoms with Crippen LogP contribution >= 0.6 is 0 Å². The fourth-order valence-corrected chi connectivity index (χ4v) is 2.57. The van der Waals surface area contributed by atoms with Crippen LogP contribution in [-0.4, -0.2) is 7.05 Å². The fraction of sp³-hybridized carbons (Fsp3) is 0.467. The van der Waals surface area contributed by atoms with Crippen molar-refractivity contribution in [3.05, 3.63) is 46.5 Å². The van der Waals surface area contributed by atoms with E-state index in [0.717, 1.165) is 0 Å². The SMILES string of the molecule is CNC(C1=CCCC1)c1cc(C)ccc1C. The Morgan fingerprint density at radius 3 is 2.69 bits per heavy atom. The van der Waals surface area contributed by atoms with Gasteiger partial charge < -0.3 is 5.32 Å². The largest absolute Gasteiger partial charge is 0.310 e. The molecule has 1 aromatic rings. The first-order chi connectivity index (χ1) is 7.72. The Kier molecular flexibility index (Phi) is 3.45. The van der Waals surface area contributed by atoms with Crippen molar-refractivity contribution in [2.45, 2.75) is 39.2 Å². The molecule has 2 rings (SSSR count). The van der Waals surface area contributed by atoms with Crippen LogP contribution in [0.25, 0.3) is 0 Å². The van der Waals surface area contributed by atoms with Gasteiger partial charge in [-0.05, 0) is 51.3 Å². The van der Waals surface area contributed by atoms with Gasteiger partial charge in [0.05, 0.1) is 6.04 Å². The van der Waals surface area contributed by atoms with Crippen molar-refractivity contribution in [2.24, 2.45) is 0 Å². The molecule has 0 bridgehead atoms. The Balaban J connectivity index is 2.35. The molecule has 0 aliphatic heterocycles. The molecule has 0 heterocycles. The molecule has 1 aromatic carbocycles. The molecule has 0 fully saturated rings. The van der Waals surface area contributed by atoms with E-state index in [1.165, 1.54) is 36.0 Å². The molecule has 1 atom stereocenters. The maximum atomic E-state index is 3.46. The summed E-state index contributed by atoms with van der Waals surface area (Å²) in [7, 11) is 2.06. The number of hydrogen-bond donors (Lipinski definition) is 1. The van der Waals surface area contributed by atoms with Gasteiger partial charge in [-0.3, -0.25) is 0 Å². The van der Waals surface area contributed by atoms with Crippen molar-refractivity contribution >= 4 is 0 Å². The third-order valence-electron chi connectivity index (χ3n) is 3.48. The third kappa shape index (κ3) is 2.19. The minimum absolute atomic E-state index is 0.419. The van der Waals surface area contributed by atoms with Crippen LogP contribution in [0.2, 0.25) is 0 Å². The number of allylic oxidation sites excluding steroid dienone is 1. The van der Waals surface area contributed by atoms with E-state index in [4.69, 9.17) is 0 Å². The zero-order valence-corrected chi connectivity index (χ0v) is 10.5. The Morgan fingerprint density at radius 2 is 2.06 bits per heavy atom. The van der Waals surface area contributed by atoms with Crippen molar-refractivity contribution in [2.75, 3.05) is 7.05 Å². The van der Waals surface area contributed by atoms with Gasteiger partial charge in [-0.1, -0.05) is 35.4 Å². The summed E-state index contributed by atoms with van der Waals surface area (Å²) in [6.07, 6.45) is 6.22. The minimum Gasteiger partial charge on any atom is -0.310 e. The smallest absolute Gasteiger partial charge is 0.0536 e. The van der Waals surface area contributed by atoms with Crippen LogP contribution in [0.1, 0.15) is 42.0 Å². The van der Waals surface area contributed by atoms with E-state index in [1.54, 1.807) is 5.57 Å². The summed E-state index contributed by atoms with van der Waals surface area (Å²) in [5.41, 5.74) is 5.74. The van der Waals surface area contributed by atoms with E-state index < -0.39 is 0 Å². The number of aryl methyl sites for hydroxylation is 2. The summed E-state index contributed by atoms with van der Waals surface area (Å²) in [5, 5.41) is 3.46. The van der Waals surface area contributed by atoms with Gasteiger partial charge in [-0.25, -0.2) is 0 Å². The van der Waals surface area contributed by atoms with E-state index in [2.05, 4.69) is 50.5 Å². The summed E-state index contributed by atoms with van der Waals surface area (Å²) in [5.74, 6) is 0. The van der Waals surface area contributed by atoms with Crippen LogP contribution in [0.5, 0.6) is 0 Å². The highest BCUT2D eigenvalue weighted by Crippen LogP contribution is 2.32. The number of benzene rings is 1. The van der Waals surface area contributed by atoms with E-state index in [9.17, 15) is 0 Å². The molecule has 16 heavy (non-hydrogen) atoms. The highest BCUT2D eigenvalue weighted by Gasteiger charge is 2.18. The Morgan fingerprint density at radius 1 is 1.25 bits per heavy atom. The predicted molar refractivity (Wildman–Crippen MR) is 69.7 cm³/mol. The molecule has 1 heteroatoms. The summed E-state index contributed by atoms with van der Waals surface area (Å²) >= 11 is 0. The molecule has 0 saturated heterocycles. The molecule has 0 saturated carbocycles. The fourth-order valence-electron chi connectivity index (χ4n) is 2.57. The standard InChI is InChI=1S/C15H21N/c1-11-8-9-12(2)14(10-11)15(16-3)13-6-4-5-7-13/h6,8-10,15-16H,4-5,7H2,1-3H3. The second-order valence-corrected chi connectivity index (χ2v) is 4.75. The lowest BCUT2D eigenvalue weighted by atomic mass is 9.93.